The van der Waals surface area contributed by atoms with E-state index in [0.717, 1.165) is 0 Å². The van der Waals surface area contributed by atoms with Gasteiger partial charge in [-0.3, -0.25) is 0 Å². The normalized spacial score (nSPS) is 16.6. The molecule has 0 saturated carbocycles. The molecule has 0 aromatic heterocycles. The summed E-state index contributed by atoms with van der Waals surface area (Å²) in [7, 11) is 0. The maximum Gasteiger partial charge on any atom is 0.342 e. The highest BCUT2D eigenvalue weighted by Crippen LogP contribution is 2.13. The third-order valence-electron chi connectivity index (χ3n) is 0.307. The third kappa shape index (κ3) is 2.64. The van der Waals surface area contributed by atoms with E-state index in [4.69, 9.17) is 4.55 Å². The first-order chi connectivity index (χ1) is 2.94. The molecule has 0 aromatic rings. The van der Waals surface area contributed by atoms with E-state index >= 15 is 0 Å². The summed E-state index contributed by atoms with van der Waals surface area (Å²) >= 11 is -3.02. The Morgan fingerprint density at radius 2 is 1.86 bits per heavy atom. The second-order valence-electron chi connectivity index (χ2n) is 1.06. The fourth-order valence-corrected chi connectivity index (χ4v) is 0. The summed E-state index contributed by atoms with van der Waals surface area (Å²) in [6, 6.07) is 0. The zero-order valence-electron chi connectivity index (χ0n) is 3.52. The Morgan fingerprint density at radius 1 is 1.71 bits per heavy atom. The average Bonchev–Trinajstić information content (AvgIpc) is 1.31. The van der Waals surface area contributed by atoms with E-state index in [-0.39, 0.29) is 0 Å². The average molecular weight is 130 g/mol. The molecule has 2 nitrogen and oxygen atoms in total. The quantitative estimate of drug-likeness (QED) is 0.533. The summed E-state index contributed by atoms with van der Waals surface area (Å²) < 4.78 is 39.6. The fourth-order valence-electron chi connectivity index (χ4n) is 0. The molecule has 1 N–H and O–H groups in total. The Hall–Kier alpha value is -0.0300. The van der Waals surface area contributed by atoms with Crippen LogP contribution in [0.3, 0.4) is 0 Å². The summed E-state index contributed by atoms with van der Waals surface area (Å²) in [5.74, 6) is 0. The van der Waals surface area contributed by atoms with Crippen molar-refractivity contribution in [3.8, 4) is 0 Å². The minimum Gasteiger partial charge on any atom is -0.301 e. The number of rotatable bonds is 1. The molecule has 0 aromatic carbocycles. The van der Waals surface area contributed by atoms with E-state index in [1.807, 2.05) is 0 Å². The van der Waals surface area contributed by atoms with Crippen LogP contribution in [0.5, 0.6) is 0 Å². The van der Waals surface area contributed by atoms with E-state index in [2.05, 4.69) is 0 Å². The van der Waals surface area contributed by atoms with Gasteiger partial charge in [0.2, 0.25) is 11.1 Å². The highest BCUT2D eigenvalue weighted by atomic mass is 32.2. The van der Waals surface area contributed by atoms with Crippen molar-refractivity contribution in [2.45, 2.75) is 12.2 Å². The van der Waals surface area contributed by atoms with Crippen LogP contribution in [0.2, 0.25) is 0 Å². The van der Waals surface area contributed by atoms with Crippen molar-refractivity contribution in [2.24, 2.45) is 0 Å². The van der Waals surface area contributed by atoms with Crippen LogP contribution >= 0.6 is 0 Å². The van der Waals surface area contributed by atoms with Crippen LogP contribution in [0.4, 0.5) is 8.78 Å². The first-order valence-electron chi connectivity index (χ1n) is 1.43. The molecule has 0 radical (unpaired) electrons. The number of alkyl halides is 2. The number of hydrogen-bond donors (Lipinski definition) is 1. The van der Waals surface area contributed by atoms with Crippen molar-refractivity contribution in [2.75, 3.05) is 0 Å². The van der Waals surface area contributed by atoms with Gasteiger partial charge in [-0.05, 0) is 0 Å². The molecule has 1 atom stereocenters. The van der Waals surface area contributed by atoms with Crippen molar-refractivity contribution < 1.29 is 17.5 Å². The Bertz CT molecular complexity index is 86.2. The molecule has 1 unspecified atom stereocenters. The molecule has 0 aliphatic carbocycles. The second-order valence-corrected chi connectivity index (χ2v) is 2.27. The molecule has 0 bridgehead atoms. The predicted molar refractivity (Wildman–Crippen MR) is 21.4 cm³/mol. The standard InChI is InChI=1S/C2H4F2O2S/c1-2(3,4)7(5)6/h1H3,(H,5,6). The van der Waals surface area contributed by atoms with E-state index in [0.29, 0.717) is 6.92 Å². The van der Waals surface area contributed by atoms with Crippen LogP contribution in [-0.2, 0) is 11.1 Å². The molecule has 0 amide bonds. The van der Waals surface area contributed by atoms with Crippen LogP contribution in [0.25, 0.3) is 0 Å². The lowest BCUT2D eigenvalue weighted by molar-refractivity contribution is 0.112. The van der Waals surface area contributed by atoms with E-state index in [1.54, 1.807) is 0 Å². The Morgan fingerprint density at radius 3 is 1.86 bits per heavy atom. The first-order valence-corrected chi connectivity index (χ1v) is 2.54. The van der Waals surface area contributed by atoms with Crippen LogP contribution in [0.1, 0.15) is 6.92 Å². The van der Waals surface area contributed by atoms with Gasteiger partial charge < -0.3 is 4.55 Å². The highest BCUT2D eigenvalue weighted by molar-refractivity contribution is 7.80. The van der Waals surface area contributed by atoms with Gasteiger partial charge in [-0.2, -0.15) is 8.78 Å². The van der Waals surface area contributed by atoms with Crippen molar-refractivity contribution >= 4 is 11.1 Å². The zero-order valence-corrected chi connectivity index (χ0v) is 4.34. The van der Waals surface area contributed by atoms with Crippen LogP contribution < -0.4 is 0 Å². The maximum atomic E-state index is 11.3. The summed E-state index contributed by atoms with van der Waals surface area (Å²) in [6.45, 7) is 0.378. The largest absolute Gasteiger partial charge is 0.342 e. The topological polar surface area (TPSA) is 37.3 Å². The van der Waals surface area contributed by atoms with Gasteiger partial charge in [-0.15, -0.1) is 0 Å². The van der Waals surface area contributed by atoms with Crippen LogP contribution in [-0.4, -0.2) is 14.0 Å². The van der Waals surface area contributed by atoms with Crippen molar-refractivity contribution in [3.05, 3.63) is 0 Å². The molecular weight excluding hydrogens is 126 g/mol. The van der Waals surface area contributed by atoms with E-state index in [1.165, 1.54) is 0 Å². The minimum atomic E-state index is -3.47. The SMILES string of the molecule is CC(F)(F)S(=O)O. The molecule has 5 heteroatoms. The van der Waals surface area contributed by atoms with Gasteiger partial charge in [-0.1, -0.05) is 0 Å². The highest BCUT2D eigenvalue weighted by Gasteiger charge is 2.28. The Labute approximate surface area is 41.8 Å². The van der Waals surface area contributed by atoms with Crippen molar-refractivity contribution in [3.63, 3.8) is 0 Å². The van der Waals surface area contributed by atoms with Gasteiger partial charge in [0.25, 0.3) is 0 Å². The predicted octanol–water partition coefficient (Wildman–Crippen LogP) is 0.821. The van der Waals surface area contributed by atoms with E-state index in [9.17, 15) is 13.0 Å². The Balaban J connectivity index is 3.79. The summed E-state index contributed by atoms with van der Waals surface area (Å²) in [5, 5.41) is -3.47. The minimum absolute atomic E-state index is 0.378. The van der Waals surface area contributed by atoms with Gasteiger partial charge in [0.15, 0.2) is 0 Å². The van der Waals surface area contributed by atoms with Gasteiger partial charge in [0.1, 0.15) is 0 Å². The lowest BCUT2D eigenvalue weighted by atomic mass is 10.9. The van der Waals surface area contributed by atoms with Gasteiger partial charge in [-0.25, -0.2) is 4.21 Å². The summed E-state index contributed by atoms with van der Waals surface area (Å²) in [5.41, 5.74) is 0. The molecule has 0 heterocycles. The molecular formula is C2H4F2O2S. The van der Waals surface area contributed by atoms with E-state index < -0.39 is 16.3 Å². The molecule has 7 heavy (non-hydrogen) atoms. The zero-order chi connectivity index (χ0) is 6.08. The fraction of sp³-hybridized carbons (Fsp3) is 1.00. The number of halogens is 2. The molecule has 44 valence electrons. The second kappa shape index (κ2) is 1.83. The van der Waals surface area contributed by atoms with Gasteiger partial charge in [0.05, 0.1) is 0 Å². The smallest absolute Gasteiger partial charge is 0.301 e. The monoisotopic (exact) mass is 130 g/mol. The molecule has 0 aliphatic rings. The van der Waals surface area contributed by atoms with Crippen LogP contribution in [0, 0.1) is 0 Å². The summed E-state index contributed by atoms with van der Waals surface area (Å²) in [6.07, 6.45) is 0. The molecule has 0 spiro atoms. The maximum absolute atomic E-state index is 11.3. The lowest BCUT2D eigenvalue weighted by Crippen LogP contribution is -2.16. The molecule has 0 aliphatic heterocycles. The van der Waals surface area contributed by atoms with Crippen LogP contribution in [0.15, 0.2) is 0 Å². The molecule has 0 saturated heterocycles. The van der Waals surface area contributed by atoms with Crippen molar-refractivity contribution in [1.82, 2.24) is 0 Å². The Kier molecular flexibility index (Phi) is 1.82. The first kappa shape index (κ1) is 6.97. The molecule has 0 fully saturated rings. The van der Waals surface area contributed by atoms with Gasteiger partial charge >= 0.3 is 5.25 Å². The number of hydrogen-bond acceptors (Lipinski definition) is 1. The third-order valence-corrected chi connectivity index (χ3v) is 0.920. The van der Waals surface area contributed by atoms with Crippen molar-refractivity contribution in [1.29, 1.82) is 0 Å². The van der Waals surface area contributed by atoms with Gasteiger partial charge in [0, 0.05) is 6.92 Å². The lowest BCUT2D eigenvalue weighted by Gasteiger charge is -2.00. The summed E-state index contributed by atoms with van der Waals surface area (Å²) in [4.78, 5) is 0. The molecule has 0 rings (SSSR count).